The molecule has 3 rings (SSSR count). The number of piperidine rings is 1. The molecule has 0 saturated carbocycles. The highest BCUT2D eigenvalue weighted by molar-refractivity contribution is 5.96. The standard InChI is InChI=1S/C22H30N4O2/c1-15(2)14-20(27)25-12-10-18(11-13-25)23-22(28)21-16(3)24-26(17(21)4)19-8-6-5-7-9-19/h5-9,15,18H,10-14H2,1-4H3,(H,23,28). The van der Waals surface area contributed by atoms with E-state index in [9.17, 15) is 9.59 Å². The van der Waals surface area contributed by atoms with Gasteiger partial charge >= 0.3 is 0 Å². The Kier molecular flexibility index (Phi) is 6.17. The predicted octanol–water partition coefficient (Wildman–Crippen LogP) is 3.26. The number of rotatable bonds is 5. The highest BCUT2D eigenvalue weighted by Crippen LogP contribution is 2.19. The van der Waals surface area contributed by atoms with E-state index >= 15 is 0 Å². The largest absolute Gasteiger partial charge is 0.349 e. The SMILES string of the molecule is Cc1nn(-c2ccccc2)c(C)c1C(=O)NC1CCN(C(=O)CC(C)C)CC1. The maximum Gasteiger partial charge on any atom is 0.255 e. The molecule has 0 spiro atoms. The maximum absolute atomic E-state index is 12.9. The fourth-order valence-corrected chi connectivity index (χ4v) is 3.80. The number of hydrogen-bond acceptors (Lipinski definition) is 3. The van der Waals surface area contributed by atoms with E-state index in [1.54, 1.807) is 0 Å². The fourth-order valence-electron chi connectivity index (χ4n) is 3.80. The molecule has 1 aliphatic heterocycles. The lowest BCUT2D eigenvalue weighted by Crippen LogP contribution is -2.46. The van der Waals surface area contributed by atoms with Crippen molar-refractivity contribution in [3.8, 4) is 5.69 Å². The summed E-state index contributed by atoms with van der Waals surface area (Å²) in [4.78, 5) is 27.1. The number of likely N-dealkylation sites (tertiary alicyclic amines) is 1. The van der Waals surface area contributed by atoms with Gasteiger partial charge in [0.25, 0.3) is 5.91 Å². The summed E-state index contributed by atoms with van der Waals surface area (Å²) >= 11 is 0. The summed E-state index contributed by atoms with van der Waals surface area (Å²) < 4.78 is 1.82. The number of nitrogens with zero attached hydrogens (tertiary/aromatic N) is 3. The minimum absolute atomic E-state index is 0.0795. The number of hydrogen-bond donors (Lipinski definition) is 1. The Morgan fingerprint density at radius 2 is 1.79 bits per heavy atom. The second-order valence-electron chi connectivity index (χ2n) is 8.02. The van der Waals surface area contributed by atoms with Crippen molar-refractivity contribution >= 4 is 11.8 Å². The Hall–Kier alpha value is -2.63. The smallest absolute Gasteiger partial charge is 0.255 e. The van der Waals surface area contributed by atoms with Crippen LogP contribution in [0.1, 0.15) is 54.9 Å². The molecule has 6 heteroatoms. The van der Waals surface area contributed by atoms with Gasteiger partial charge in [-0.1, -0.05) is 32.0 Å². The van der Waals surface area contributed by atoms with Crippen molar-refractivity contribution in [2.45, 2.75) is 53.0 Å². The summed E-state index contributed by atoms with van der Waals surface area (Å²) in [5.41, 5.74) is 3.15. The van der Waals surface area contributed by atoms with Gasteiger partial charge in [0.05, 0.1) is 22.6 Å². The van der Waals surface area contributed by atoms with Gasteiger partial charge in [-0.3, -0.25) is 9.59 Å². The fraction of sp³-hybridized carbons (Fsp3) is 0.500. The van der Waals surface area contributed by atoms with Crippen molar-refractivity contribution in [3.05, 3.63) is 47.3 Å². The molecule has 2 amide bonds. The molecule has 1 aromatic heterocycles. The Labute approximate surface area is 166 Å². The molecule has 1 N–H and O–H groups in total. The number of carbonyl (C=O) groups excluding carboxylic acids is 2. The molecule has 1 aromatic carbocycles. The molecular formula is C22H30N4O2. The summed E-state index contributed by atoms with van der Waals surface area (Å²) in [6.45, 7) is 9.33. The molecule has 1 fully saturated rings. The lowest BCUT2D eigenvalue weighted by Gasteiger charge is -2.32. The van der Waals surface area contributed by atoms with Gasteiger partial charge < -0.3 is 10.2 Å². The number of nitrogens with one attached hydrogen (secondary N) is 1. The van der Waals surface area contributed by atoms with Gasteiger partial charge in [0.15, 0.2) is 0 Å². The molecule has 0 radical (unpaired) electrons. The highest BCUT2D eigenvalue weighted by atomic mass is 16.2. The first-order chi connectivity index (χ1) is 13.4. The first-order valence-electron chi connectivity index (χ1n) is 10.1. The van der Waals surface area contributed by atoms with Crippen LogP contribution in [-0.4, -0.2) is 45.6 Å². The highest BCUT2D eigenvalue weighted by Gasteiger charge is 2.26. The van der Waals surface area contributed by atoms with Crippen molar-refractivity contribution < 1.29 is 9.59 Å². The minimum Gasteiger partial charge on any atom is -0.349 e. The predicted molar refractivity (Wildman–Crippen MR) is 110 cm³/mol. The number of amides is 2. The molecule has 0 bridgehead atoms. The molecule has 28 heavy (non-hydrogen) atoms. The molecule has 150 valence electrons. The molecule has 1 aliphatic rings. The van der Waals surface area contributed by atoms with E-state index in [0.717, 1.165) is 29.9 Å². The molecule has 6 nitrogen and oxygen atoms in total. The lowest BCUT2D eigenvalue weighted by molar-refractivity contribution is -0.133. The average molecular weight is 383 g/mol. The summed E-state index contributed by atoms with van der Waals surface area (Å²) in [5.74, 6) is 0.511. The van der Waals surface area contributed by atoms with Crippen molar-refractivity contribution in [2.24, 2.45) is 5.92 Å². The van der Waals surface area contributed by atoms with Crippen molar-refractivity contribution in [2.75, 3.05) is 13.1 Å². The minimum atomic E-state index is -0.0795. The number of carbonyl (C=O) groups is 2. The third kappa shape index (κ3) is 4.43. The Morgan fingerprint density at radius 3 is 2.39 bits per heavy atom. The monoisotopic (exact) mass is 382 g/mol. The van der Waals surface area contributed by atoms with Crippen LogP contribution in [0.2, 0.25) is 0 Å². The quantitative estimate of drug-likeness (QED) is 0.863. The van der Waals surface area contributed by atoms with E-state index in [2.05, 4.69) is 24.3 Å². The average Bonchev–Trinajstić information content (AvgIpc) is 2.96. The van der Waals surface area contributed by atoms with E-state index in [4.69, 9.17) is 0 Å². The van der Waals surface area contributed by atoms with Crippen LogP contribution < -0.4 is 5.32 Å². The van der Waals surface area contributed by atoms with Crippen molar-refractivity contribution in [1.82, 2.24) is 20.0 Å². The van der Waals surface area contributed by atoms with Gasteiger partial charge in [-0.15, -0.1) is 0 Å². The van der Waals surface area contributed by atoms with E-state index < -0.39 is 0 Å². The summed E-state index contributed by atoms with van der Waals surface area (Å²) in [5, 5.41) is 7.71. The van der Waals surface area contributed by atoms with Crippen LogP contribution >= 0.6 is 0 Å². The van der Waals surface area contributed by atoms with Gasteiger partial charge in [-0.05, 0) is 44.7 Å². The van der Waals surface area contributed by atoms with Crippen LogP contribution in [0.5, 0.6) is 0 Å². The Morgan fingerprint density at radius 1 is 1.14 bits per heavy atom. The van der Waals surface area contributed by atoms with E-state index in [1.807, 2.05) is 53.8 Å². The number of para-hydroxylation sites is 1. The third-order valence-corrected chi connectivity index (χ3v) is 5.28. The zero-order valence-corrected chi connectivity index (χ0v) is 17.2. The van der Waals surface area contributed by atoms with Crippen molar-refractivity contribution in [3.63, 3.8) is 0 Å². The molecular weight excluding hydrogens is 352 g/mol. The molecule has 2 aromatic rings. The van der Waals surface area contributed by atoms with E-state index in [0.29, 0.717) is 31.0 Å². The van der Waals surface area contributed by atoms with Crippen LogP contribution in [0.15, 0.2) is 30.3 Å². The summed E-state index contributed by atoms with van der Waals surface area (Å²) in [7, 11) is 0. The first-order valence-corrected chi connectivity index (χ1v) is 10.1. The van der Waals surface area contributed by atoms with Gasteiger partial charge in [-0.25, -0.2) is 4.68 Å². The van der Waals surface area contributed by atoms with Crippen LogP contribution in [0.4, 0.5) is 0 Å². The lowest BCUT2D eigenvalue weighted by atomic mass is 10.0. The Balaban J connectivity index is 1.63. The van der Waals surface area contributed by atoms with E-state index in [1.165, 1.54) is 0 Å². The van der Waals surface area contributed by atoms with Gasteiger partial charge in [0, 0.05) is 25.6 Å². The zero-order chi connectivity index (χ0) is 20.3. The Bertz CT molecular complexity index is 834. The van der Waals surface area contributed by atoms with Crippen LogP contribution in [0, 0.1) is 19.8 Å². The van der Waals surface area contributed by atoms with E-state index in [-0.39, 0.29) is 17.9 Å². The van der Waals surface area contributed by atoms with Gasteiger partial charge in [0.2, 0.25) is 5.91 Å². The third-order valence-electron chi connectivity index (χ3n) is 5.28. The van der Waals surface area contributed by atoms with Gasteiger partial charge in [0.1, 0.15) is 0 Å². The second-order valence-corrected chi connectivity index (χ2v) is 8.02. The van der Waals surface area contributed by atoms with Crippen LogP contribution in [0.25, 0.3) is 5.69 Å². The summed E-state index contributed by atoms with van der Waals surface area (Å²) in [6.07, 6.45) is 2.18. The zero-order valence-electron chi connectivity index (χ0n) is 17.2. The molecule has 0 atom stereocenters. The second kappa shape index (κ2) is 8.59. The van der Waals surface area contributed by atoms with Crippen LogP contribution in [0.3, 0.4) is 0 Å². The molecule has 1 saturated heterocycles. The number of benzene rings is 1. The molecule has 0 unspecified atom stereocenters. The summed E-state index contributed by atoms with van der Waals surface area (Å²) in [6, 6.07) is 9.92. The number of aryl methyl sites for hydroxylation is 1. The maximum atomic E-state index is 12.9. The molecule has 0 aliphatic carbocycles. The molecule has 2 heterocycles. The normalized spacial score (nSPS) is 15.1. The van der Waals surface area contributed by atoms with Crippen molar-refractivity contribution in [1.29, 1.82) is 0 Å². The first kappa shape index (κ1) is 20.1. The number of aromatic nitrogens is 2. The van der Waals surface area contributed by atoms with Crippen LogP contribution in [-0.2, 0) is 4.79 Å². The van der Waals surface area contributed by atoms with Gasteiger partial charge in [-0.2, -0.15) is 5.10 Å². The topological polar surface area (TPSA) is 67.2 Å².